The molecule has 4 heteroatoms. The van der Waals surface area contributed by atoms with Gasteiger partial charge in [0.05, 0.1) is 11.6 Å². The predicted octanol–water partition coefficient (Wildman–Crippen LogP) is 2.75. The fourth-order valence-corrected chi connectivity index (χ4v) is 2.78. The fourth-order valence-electron chi connectivity index (χ4n) is 2.78. The topological polar surface area (TPSA) is 64.3 Å². The number of amides is 1. The van der Waals surface area contributed by atoms with Gasteiger partial charge in [0, 0.05) is 12.1 Å². The van der Waals surface area contributed by atoms with Crippen LogP contribution in [0.25, 0.3) is 0 Å². The molecule has 1 aliphatic rings. The first-order valence-corrected chi connectivity index (χ1v) is 7.83. The molecule has 116 valence electrons. The molecule has 21 heavy (non-hydrogen) atoms. The second-order valence-electron chi connectivity index (χ2n) is 6.17. The fraction of sp³-hybridized carbons (Fsp3) is 0.588. The molecule has 0 radical (unpaired) electrons. The van der Waals surface area contributed by atoms with E-state index in [1.807, 2.05) is 38.1 Å². The Kier molecular flexibility index (Phi) is 5.23. The van der Waals surface area contributed by atoms with Gasteiger partial charge in [0.25, 0.3) is 0 Å². The molecule has 3 N–H and O–H groups in total. The molecule has 0 aliphatic heterocycles. The van der Waals surface area contributed by atoms with E-state index in [2.05, 4.69) is 5.32 Å². The lowest BCUT2D eigenvalue weighted by Gasteiger charge is -2.31. The van der Waals surface area contributed by atoms with Gasteiger partial charge < -0.3 is 15.8 Å². The molecule has 0 saturated heterocycles. The molecule has 0 unspecified atom stereocenters. The van der Waals surface area contributed by atoms with Crippen molar-refractivity contribution in [3.8, 4) is 5.75 Å². The van der Waals surface area contributed by atoms with Gasteiger partial charge in [-0.25, -0.2) is 0 Å². The third-order valence-electron chi connectivity index (χ3n) is 3.97. The molecule has 1 fully saturated rings. The Labute approximate surface area is 127 Å². The summed E-state index contributed by atoms with van der Waals surface area (Å²) in [6.45, 7) is 4.44. The van der Waals surface area contributed by atoms with Crippen LogP contribution >= 0.6 is 0 Å². The number of nitrogens with two attached hydrogens (primary N) is 1. The Hall–Kier alpha value is -1.55. The summed E-state index contributed by atoms with van der Waals surface area (Å²) in [5, 5.41) is 2.98. The largest absolute Gasteiger partial charge is 0.491 e. The molecule has 4 nitrogen and oxygen atoms in total. The standard InChI is InChI=1S/C17H26N2O2/c1-13(2)21-15-9-5-4-8-14(15)12-19-16(20)17(18)10-6-3-7-11-17/h4-5,8-9,13H,3,6-7,10-12,18H2,1-2H3,(H,19,20). The molecule has 0 aromatic heterocycles. The van der Waals surface area contributed by atoms with Crippen molar-refractivity contribution in [2.45, 2.75) is 64.1 Å². The normalized spacial score (nSPS) is 17.5. The van der Waals surface area contributed by atoms with Crippen molar-refractivity contribution in [2.75, 3.05) is 0 Å². The van der Waals surface area contributed by atoms with Gasteiger partial charge in [0.2, 0.25) is 5.91 Å². The maximum Gasteiger partial charge on any atom is 0.240 e. The number of nitrogens with one attached hydrogen (secondary N) is 1. The van der Waals surface area contributed by atoms with Gasteiger partial charge in [-0.05, 0) is 32.8 Å². The number of benzene rings is 1. The van der Waals surface area contributed by atoms with Crippen molar-refractivity contribution in [3.05, 3.63) is 29.8 Å². The van der Waals surface area contributed by atoms with E-state index in [1.165, 1.54) is 6.42 Å². The number of para-hydroxylation sites is 1. The van der Waals surface area contributed by atoms with E-state index in [0.717, 1.165) is 37.0 Å². The van der Waals surface area contributed by atoms with Crippen molar-refractivity contribution in [3.63, 3.8) is 0 Å². The second kappa shape index (κ2) is 6.94. The van der Waals surface area contributed by atoms with Gasteiger partial charge in [-0.1, -0.05) is 37.5 Å². The van der Waals surface area contributed by atoms with E-state index in [1.54, 1.807) is 0 Å². The number of hydrogen-bond acceptors (Lipinski definition) is 3. The van der Waals surface area contributed by atoms with Gasteiger partial charge >= 0.3 is 0 Å². The number of carbonyl (C=O) groups is 1. The van der Waals surface area contributed by atoms with E-state index in [9.17, 15) is 4.79 Å². The van der Waals surface area contributed by atoms with Gasteiger partial charge in [-0.3, -0.25) is 4.79 Å². The maximum absolute atomic E-state index is 12.3. The van der Waals surface area contributed by atoms with E-state index < -0.39 is 5.54 Å². The summed E-state index contributed by atoms with van der Waals surface area (Å²) in [5.74, 6) is 0.782. The highest BCUT2D eigenvalue weighted by molar-refractivity contribution is 5.86. The minimum atomic E-state index is -0.688. The van der Waals surface area contributed by atoms with E-state index >= 15 is 0 Å². The maximum atomic E-state index is 12.3. The first-order chi connectivity index (χ1) is 10.0. The van der Waals surface area contributed by atoms with Crippen LogP contribution in [0, 0.1) is 0 Å². The zero-order valence-electron chi connectivity index (χ0n) is 13.0. The molecule has 1 aromatic rings. The Morgan fingerprint density at radius 3 is 2.62 bits per heavy atom. The lowest BCUT2D eigenvalue weighted by molar-refractivity contribution is -0.127. The molecule has 1 aromatic carbocycles. The summed E-state index contributed by atoms with van der Waals surface area (Å²) in [7, 11) is 0. The summed E-state index contributed by atoms with van der Waals surface area (Å²) >= 11 is 0. The van der Waals surface area contributed by atoms with Gasteiger partial charge in [0.15, 0.2) is 0 Å². The Bertz CT molecular complexity index is 479. The highest BCUT2D eigenvalue weighted by Crippen LogP contribution is 2.26. The van der Waals surface area contributed by atoms with Crippen LogP contribution in [-0.2, 0) is 11.3 Å². The number of rotatable bonds is 5. The zero-order chi connectivity index (χ0) is 15.3. The number of ether oxygens (including phenoxy) is 1. The SMILES string of the molecule is CC(C)Oc1ccccc1CNC(=O)C1(N)CCCCC1. The Morgan fingerprint density at radius 1 is 1.29 bits per heavy atom. The van der Waals surface area contributed by atoms with E-state index in [0.29, 0.717) is 6.54 Å². The smallest absolute Gasteiger partial charge is 0.240 e. The molecule has 0 atom stereocenters. The number of hydrogen-bond donors (Lipinski definition) is 2. The minimum absolute atomic E-state index is 0.0402. The van der Waals surface area contributed by atoms with Crippen LogP contribution in [0.1, 0.15) is 51.5 Å². The Morgan fingerprint density at radius 2 is 1.95 bits per heavy atom. The van der Waals surface area contributed by atoms with Crippen LogP contribution in [0.2, 0.25) is 0 Å². The summed E-state index contributed by atoms with van der Waals surface area (Å²) in [6, 6.07) is 7.80. The van der Waals surface area contributed by atoms with E-state index in [-0.39, 0.29) is 12.0 Å². The molecule has 1 aliphatic carbocycles. The molecule has 0 heterocycles. The molecular weight excluding hydrogens is 264 g/mol. The van der Waals surface area contributed by atoms with Gasteiger partial charge in [0.1, 0.15) is 5.75 Å². The van der Waals surface area contributed by atoms with Gasteiger partial charge in [-0.2, -0.15) is 0 Å². The third-order valence-corrected chi connectivity index (χ3v) is 3.97. The summed E-state index contributed by atoms with van der Waals surface area (Å²) in [4.78, 5) is 12.3. The number of carbonyl (C=O) groups excluding carboxylic acids is 1. The van der Waals surface area contributed by atoms with E-state index in [4.69, 9.17) is 10.5 Å². The lowest BCUT2D eigenvalue weighted by atomic mass is 9.82. The van der Waals surface area contributed by atoms with Crippen molar-refractivity contribution >= 4 is 5.91 Å². The molecule has 0 bridgehead atoms. The van der Waals surface area contributed by atoms with Crippen LogP contribution in [0.4, 0.5) is 0 Å². The molecular formula is C17H26N2O2. The average molecular weight is 290 g/mol. The predicted molar refractivity (Wildman–Crippen MR) is 84.1 cm³/mol. The van der Waals surface area contributed by atoms with Crippen molar-refractivity contribution in [1.29, 1.82) is 0 Å². The third kappa shape index (κ3) is 4.21. The minimum Gasteiger partial charge on any atom is -0.491 e. The summed E-state index contributed by atoms with van der Waals surface area (Å²) in [6.07, 6.45) is 4.93. The van der Waals surface area contributed by atoms with Crippen LogP contribution in [0.3, 0.4) is 0 Å². The molecule has 1 amide bonds. The van der Waals surface area contributed by atoms with Crippen LogP contribution < -0.4 is 15.8 Å². The second-order valence-corrected chi connectivity index (χ2v) is 6.17. The van der Waals surface area contributed by atoms with Crippen LogP contribution in [0.15, 0.2) is 24.3 Å². The zero-order valence-corrected chi connectivity index (χ0v) is 13.0. The highest BCUT2D eigenvalue weighted by Gasteiger charge is 2.34. The first kappa shape index (κ1) is 15.8. The molecule has 1 saturated carbocycles. The van der Waals surface area contributed by atoms with Crippen molar-refractivity contribution in [1.82, 2.24) is 5.32 Å². The van der Waals surface area contributed by atoms with Crippen molar-refractivity contribution < 1.29 is 9.53 Å². The summed E-state index contributed by atoms with van der Waals surface area (Å²) in [5.41, 5.74) is 6.54. The monoisotopic (exact) mass is 290 g/mol. The average Bonchev–Trinajstić information content (AvgIpc) is 2.46. The molecule has 0 spiro atoms. The highest BCUT2D eigenvalue weighted by atomic mass is 16.5. The van der Waals surface area contributed by atoms with Crippen molar-refractivity contribution in [2.24, 2.45) is 5.73 Å². The van der Waals surface area contributed by atoms with Crippen LogP contribution in [0.5, 0.6) is 5.75 Å². The lowest BCUT2D eigenvalue weighted by Crippen LogP contribution is -2.54. The first-order valence-electron chi connectivity index (χ1n) is 7.83. The van der Waals surface area contributed by atoms with Crippen LogP contribution in [-0.4, -0.2) is 17.6 Å². The molecule has 2 rings (SSSR count). The quantitative estimate of drug-likeness (QED) is 0.876. The Balaban J connectivity index is 1.98. The summed E-state index contributed by atoms with van der Waals surface area (Å²) < 4.78 is 5.77. The van der Waals surface area contributed by atoms with Gasteiger partial charge in [-0.15, -0.1) is 0 Å².